The van der Waals surface area contributed by atoms with Crippen LogP contribution in [0, 0.1) is 0 Å². The fourth-order valence-electron chi connectivity index (χ4n) is 4.97. The van der Waals surface area contributed by atoms with Gasteiger partial charge in [-0.2, -0.15) is 4.98 Å². The van der Waals surface area contributed by atoms with Crippen molar-refractivity contribution in [3.05, 3.63) is 35.3 Å². The Morgan fingerprint density at radius 2 is 1.69 bits per heavy atom. The number of hydrogen-bond donors (Lipinski definition) is 9. The van der Waals surface area contributed by atoms with Crippen LogP contribution in [0.4, 0.5) is 11.8 Å². The molecule has 2 aliphatic rings. The zero-order valence-electron chi connectivity index (χ0n) is 22.6. The van der Waals surface area contributed by atoms with Gasteiger partial charge >= 0.3 is 16.5 Å². The molecule has 0 bridgehead atoms. The summed E-state index contributed by atoms with van der Waals surface area (Å²) >= 11 is 0. The van der Waals surface area contributed by atoms with Gasteiger partial charge in [0.2, 0.25) is 5.95 Å². The first kappa shape index (κ1) is 32.9. The molecule has 6 rings (SSSR count). The Bertz CT molecular complexity index is 1790. The van der Waals surface area contributed by atoms with Crippen molar-refractivity contribution in [3.63, 3.8) is 0 Å². The number of H-pyrrole nitrogens is 1. The van der Waals surface area contributed by atoms with Crippen LogP contribution in [0.5, 0.6) is 0 Å². The fourth-order valence-corrected chi connectivity index (χ4v) is 5.90. The summed E-state index contributed by atoms with van der Waals surface area (Å²) in [6.07, 6.45) is -7.55. The lowest BCUT2D eigenvalue weighted by atomic mass is 10.1. The zero-order valence-corrected chi connectivity index (χ0v) is 24.4. The first-order valence-electron chi connectivity index (χ1n) is 12.8. The number of phosphoric ester groups is 1. The summed E-state index contributed by atoms with van der Waals surface area (Å²) in [6, 6.07) is 1.58. The molecule has 0 aliphatic carbocycles. The quantitative estimate of drug-likeness (QED) is 0.0857. The molecular weight excluding hydrogens is 648 g/mol. The van der Waals surface area contributed by atoms with Crippen molar-refractivity contribution in [2.45, 2.75) is 49.1 Å². The molecule has 4 aromatic rings. The number of imidazole rings is 2. The van der Waals surface area contributed by atoms with Gasteiger partial charge in [-0.1, -0.05) is 0 Å². The van der Waals surface area contributed by atoms with Crippen LogP contribution in [0.3, 0.4) is 0 Å². The monoisotopic (exact) mass is 675 g/mol. The molecule has 2 fully saturated rings. The topological polar surface area (TPSA) is 339 Å². The average molecular weight is 675 g/mol. The van der Waals surface area contributed by atoms with Crippen molar-refractivity contribution in [2.75, 3.05) is 24.7 Å². The van der Waals surface area contributed by atoms with E-state index < -0.39 is 84.4 Å². The van der Waals surface area contributed by atoms with Crippen LogP contribution >= 0.6 is 16.5 Å². The summed E-state index contributed by atoms with van der Waals surface area (Å²) in [5.41, 5.74) is 11.4. The molecule has 45 heavy (non-hydrogen) atoms. The number of aromatic amines is 1. The first-order chi connectivity index (χ1) is 21.4. The van der Waals surface area contributed by atoms with Crippen molar-refractivity contribution in [1.82, 2.24) is 34.1 Å². The van der Waals surface area contributed by atoms with Gasteiger partial charge in [-0.25, -0.2) is 24.1 Å². The second kappa shape index (κ2) is 13.1. The van der Waals surface area contributed by atoms with Gasteiger partial charge in [0, 0.05) is 6.20 Å². The maximum atomic E-state index is 13.0. The summed E-state index contributed by atoms with van der Waals surface area (Å²) in [6.45, 7) is -1.42. The zero-order chi connectivity index (χ0) is 32.6. The van der Waals surface area contributed by atoms with Gasteiger partial charge in [0.1, 0.15) is 42.1 Å². The van der Waals surface area contributed by atoms with Crippen molar-refractivity contribution in [1.29, 1.82) is 0 Å². The highest BCUT2D eigenvalue weighted by Crippen LogP contribution is 2.50. The number of pyridine rings is 1. The third-order valence-electron chi connectivity index (χ3n) is 7.01. The van der Waals surface area contributed by atoms with Gasteiger partial charge in [-0.05, 0) is 6.07 Å². The maximum Gasteiger partial charge on any atom is 0.472 e. The number of nitrogens with zero attached hydrogens (tertiary/aromatic N) is 6. The number of fused-ring (bicyclic) bond motifs is 2. The molecule has 2 saturated heterocycles. The van der Waals surface area contributed by atoms with Gasteiger partial charge in [0.05, 0.1) is 31.4 Å². The van der Waals surface area contributed by atoms with E-state index in [0.717, 1.165) is 10.9 Å². The first-order valence-corrected chi connectivity index (χ1v) is 15.0. The van der Waals surface area contributed by atoms with Crippen LogP contribution in [0.15, 0.2) is 29.7 Å². The number of hydrogen-bond acceptors (Lipinski definition) is 17. The molecule has 22 nitrogen and oxygen atoms in total. The predicted octanol–water partition coefficient (Wildman–Crippen LogP) is -2.71. The molecular formula is C21H27N9O13P2. The van der Waals surface area contributed by atoms with E-state index in [1.54, 1.807) is 6.07 Å². The van der Waals surface area contributed by atoms with Gasteiger partial charge < -0.3 is 55.7 Å². The summed E-state index contributed by atoms with van der Waals surface area (Å²) in [7, 11) is -5.88. The number of ether oxygens (including phenoxy) is 2. The number of phosphoric acid groups is 1. The standard InChI is InChI=1S/C21H26N9O11P.HO2P/c22-16-10-7(1-2-24-16)29(5-25-10)19-14(34)12(32)9(40-19)4-38-42(36,37)41-15-13(33)8(3-31)39-20(15)30-6-26-11-17(30)27-21(23)28-18(11)35;1-3-2/h1-2,5-6,8-9,12-15,19-20,31-34H,3-4H2,(H2,22,24)(H,36,37)(H3,23,27,28,35);(H,1,2)/t8-,9-,12-,13-,14-,15-,19-,20-;/m1./s1. The Morgan fingerprint density at radius 3 is 2.40 bits per heavy atom. The van der Waals surface area contributed by atoms with E-state index in [1.807, 2.05) is 0 Å². The average Bonchev–Trinajstić information content (AvgIpc) is 3.74. The van der Waals surface area contributed by atoms with Crippen LogP contribution in [0.1, 0.15) is 12.5 Å². The minimum Gasteiger partial charge on any atom is -0.394 e. The number of nitrogens with one attached hydrogen (secondary N) is 1. The molecule has 11 N–H and O–H groups in total. The molecule has 6 heterocycles. The van der Waals surface area contributed by atoms with E-state index in [2.05, 4.69) is 24.9 Å². The highest BCUT2D eigenvalue weighted by molar-refractivity contribution is 7.47. The van der Waals surface area contributed by atoms with Crippen LogP contribution in [0.2, 0.25) is 0 Å². The highest BCUT2D eigenvalue weighted by atomic mass is 31.2. The number of nitrogen functional groups attached to an aromatic ring is 2. The van der Waals surface area contributed by atoms with Crippen LogP contribution in [-0.2, 0) is 27.7 Å². The molecule has 1 unspecified atom stereocenters. The molecule has 2 aliphatic heterocycles. The Hall–Kier alpha value is -3.50. The molecule has 0 amide bonds. The number of aromatic nitrogens is 7. The largest absolute Gasteiger partial charge is 0.472 e. The summed E-state index contributed by atoms with van der Waals surface area (Å²) < 4.78 is 45.7. The van der Waals surface area contributed by atoms with Crippen molar-refractivity contribution in [2.24, 2.45) is 0 Å². The van der Waals surface area contributed by atoms with Crippen LogP contribution < -0.4 is 17.0 Å². The van der Waals surface area contributed by atoms with E-state index in [1.165, 1.54) is 17.1 Å². The van der Waals surface area contributed by atoms with Crippen LogP contribution in [-0.4, -0.2) is 114 Å². The minimum atomic E-state index is -5.04. The SMILES string of the molecule is Nc1nc2c(ncn2[C@@H]2O[C@H](CO)[C@@H](O)[C@H]2OP(=O)(O)OC[C@H]2O[C@@H](n3cnc4c(N)nccc43)[C@H](O)[C@@H]2O)c(=O)[nH]1.O=PO. The molecule has 0 aromatic carbocycles. The van der Waals surface area contributed by atoms with Gasteiger partial charge in [0.25, 0.3) is 5.56 Å². The fraction of sp³-hybridized carbons (Fsp3) is 0.476. The molecule has 0 radical (unpaired) electrons. The minimum absolute atomic E-state index is 0.0820. The van der Waals surface area contributed by atoms with E-state index in [0.29, 0.717) is 11.0 Å². The van der Waals surface area contributed by atoms with Crippen molar-refractivity contribution in [3.8, 4) is 0 Å². The summed E-state index contributed by atoms with van der Waals surface area (Å²) in [5, 5.41) is 41.6. The lowest BCUT2D eigenvalue weighted by molar-refractivity contribution is -0.0614. The number of aliphatic hydroxyl groups is 4. The number of nitrogens with two attached hydrogens (primary N) is 2. The Labute approximate surface area is 251 Å². The summed E-state index contributed by atoms with van der Waals surface area (Å²) in [4.78, 5) is 48.0. The van der Waals surface area contributed by atoms with E-state index in [-0.39, 0.29) is 22.9 Å². The molecule has 0 spiro atoms. The van der Waals surface area contributed by atoms with Gasteiger partial charge in [0.15, 0.2) is 29.4 Å². The van der Waals surface area contributed by atoms with E-state index in [9.17, 15) is 34.7 Å². The number of rotatable bonds is 8. The highest BCUT2D eigenvalue weighted by Gasteiger charge is 2.50. The molecule has 24 heteroatoms. The molecule has 244 valence electrons. The second-order valence-corrected chi connectivity index (χ2v) is 11.3. The lowest BCUT2D eigenvalue weighted by Gasteiger charge is -2.24. The maximum absolute atomic E-state index is 13.0. The van der Waals surface area contributed by atoms with E-state index >= 15 is 0 Å². The third-order valence-corrected chi connectivity index (χ3v) is 7.99. The molecule has 0 saturated carbocycles. The Morgan fingerprint density at radius 1 is 1.02 bits per heavy atom. The second-order valence-electron chi connectivity index (χ2n) is 9.69. The predicted molar refractivity (Wildman–Crippen MR) is 148 cm³/mol. The molecule has 4 aromatic heterocycles. The van der Waals surface area contributed by atoms with Gasteiger partial charge in [-0.3, -0.25) is 23.4 Å². The normalized spacial score (nSPS) is 29.6. The smallest absolute Gasteiger partial charge is 0.394 e. The van der Waals surface area contributed by atoms with Gasteiger partial charge in [-0.15, -0.1) is 0 Å². The van der Waals surface area contributed by atoms with Crippen molar-refractivity contribution < 1.29 is 57.9 Å². The number of anilines is 2. The Kier molecular flexibility index (Phi) is 9.56. The summed E-state index contributed by atoms with van der Waals surface area (Å²) in [5.74, 6) is -0.105. The van der Waals surface area contributed by atoms with E-state index in [4.69, 9.17) is 39.4 Å². The molecule has 9 atom stereocenters. The third kappa shape index (κ3) is 6.31. The van der Waals surface area contributed by atoms with Crippen LogP contribution in [0.25, 0.3) is 22.2 Å². The Balaban J connectivity index is 0.00000128. The number of aliphatic hydroxyl groups excluding tert-OH is 4. The lowest BCUT2D eigenvalue weighted by Crippen LogP contribution is -2.36. The van der Waals surface area contributed by atoms with Crippen molar-refractivity contribution >= 4 is 50.5 Å².